The molecule has 1 aliphatic heterocycles. The van der Waals surface area contributed by atoms with E-state index in [1.807, 2.05) is 0 Å². The molecule has 0 amide bonds. The minimum absolute atomic E-state index is 0.132. The number of β-amino-alcohol motifs (C(OH)–C–C–N with tert-alkyl or cyclic N) is 1. The summed E-state index contributed by atoms with van der Waals surface area (Å²) in [7, 11) is -3.26. The first kappa shape index (κ1) is 12.3. The molecule has 94 valence electrons. The van der Waals surface area contributed by atoms with Crippen LogP contribution in [0.1, 0.15) is 12.8 Å². The number of aliphatic hydroxyl groups excluding tert-OH is 1. The van der Waals surface area contributed by atoms with Gasteiger partial charge in [-0.1, -0.05) is 0 Å². The van der Waals surface area contributed by atoms with Crippen LogP contribution in [0.5, 0.6) is 0 Å². The second-order valence-electron chi connectivity index (χ2n) is 4.36. The molecule has 1 aliphatic carbocycles. The normalized spacial score (nSPS) is 24.8. The van der Waals surface area contributed by atoms with Crippen LogP contribution in [0, 0.1) is 0 Å². The summed E-state index contributed by atoms with van der Waals surface area (Å²) in [6.45, 7) is 3.19. The molecule has 1 saturated carbocycles. The molecule has 2 aliphatic rings. The minimum Gasteiger partial charge on any atom is -0.395 e. The van der Waals surface area contributed by atoms with Gasteiger partial charge in [-0.3, -0.25) is 4.90 Å². The van der Waals surface area contributed by atoms with Gasteiger partial charge in [-0.25, -0.2) is 0 Å². The Bertz CT molecular complexity index is 321. The van der Waals surface area contributed by atoms with Crippen molar-refractivity contribution in [2.45, 2.75) is 18.9 Å². The first-order valence-electron chi connectivity index (χ1n) is 5.72. The third-order valence-electron chi connectivity index (χ3n) is 2.98. The highest BCUT2D eigenvalue weighted by Crippen LogP contribution is 2.20. The number of nitrogens with one attached hydrogen (secondary N) is 1. The van der Waals surface area contributed by atoms with Crippen molar-refractivity contribution in [3.8, 4) is 0 Å². The van der Waals surface area contributed by atoms with Gasteiger partial charge in [-0.15, -0.1) is 0 Å². The van der Waals surface area contributed by atoms with E-state index >= 15 is 0 Å². The zero-order valence-corrected chi connectivity index (χ0v) is 10.1. The molecule has 2 N–H and O–H groups in total. The SMILES string of the molecule is O=S(=O)(NC1CC1)N1CCN(CCO)CC1. The van der Waals surface area contributed by atoms with Gasteiger partial charge in [-0.05, 0) is 12.8 Å². The Labute approximate surface area is 96.4 Å². The summed E-state index contributed by atoms with van der Waals surface area (Å²) in [5, 5.41) is 8.79. The first-order chi connectivity index (χ1) is 7.62. The Balaban J connectivity index is 1.82. The molecule has 0 bridgehead atoms. The molecule has 2 fully saturated rings. The lowest BCUT2D eigenvalue weighted by Gasteiger charge is -2.33. The van der Waals surface area contributed by atoms with E-state index in [0.717, 1.165) is 12.8 Å². The van der Waals surface area contributed by atoms with Crippen LogP contribution in [-0.4, -0.2) is 68.1 Å². The van der Waals surface area contributed by atoms with Crippen LogP contribution in [0.15, 0.2) is 0 Å². The summed E-state index contributed by atoms with van der Waals surface area (Å²) in [5.74, 6) is 0. The fraction of sp³-hybridized carbons (Fsp3) is 1.00. The van der Waals surface area contributed by atoms with Crippen LogP contribution in [0.25, 0.3) is 0 Å². The topological polar surface area (TPSA) is 72.9 Å². The number of hydrogen-bond donors (Lipinski definition) is 2. The molecule has 0 radical (unpaired) electrons. The molecule has 16 heavy (non-hydrogen) atoms. The Morgan fingerprint density at radius 3 is 2.31 bits per heavy atom. The summed E-state index contributed by atoms with van der Waals surface area (Å²) in [5.41, 5.74) is 0. The van der Waals surface area contributed by atoms with Crippen LogP contribution < -0.4 is 4.72 Å². The summed E-state index contributed by atoms with van der Waals surface area (Å²) < 4.78 is 27.9. The highest BCUT2D eigenvalue weighted by molar-refractivity contribution is 7.87. The molecule has 0 aromatic carbocycles. The highest BCUT2D eigenvalue weighted by atomic mass is 32.2. The van der Waals surface area contributed by atoms with Crippen molar-refractivity contribution in [3.05, 3.63) is 0 Å². The van der Waals surface area contributed by atoms with Crippen molar-refractivity contribution in [2.75, 3.05) is 39.3 Å². The van der Waals surface area contributed by atoms with Crippen LogP contribution in [0.4, 0.5) is 0 Å². The van der Waals surface area contributed by atoms with Crippen LogP contribution >= 0.6 is 0 Å². The lowest BCUT2D eigenvalue weighted by atomic mass is 10.4. The molecule has 6 nitrogen and oxygen atoms in total. The van der Waals surface area contributed by atoms with Crippen molar-refractivity contribution >= 4 is 10.2 Å². The number of hydrogen-bond acceptors (Lipinski definition) is 4. The number of piperazine rings is 1. The maximum absolute atomic E-state index is 11.8. The zero-order chi connectivity index (χ0) is 11.6. The van der Waals surface area contributed by atoms with Gasteiger partial charge in [0.15, 0.2) is 0 Å². The second kappa shape index (κ2) is 4.97. The van der Waals surface area contributed by atoms with Crippen molar-refractivity contribution in [1.82, 2.24) is 13.9 Å². The Morgan fingerprint density at radius 2 is 1.81 bits per heavy atom. The second-order valence-corrected chi connectivity index (χ2v) is 6.06. The van der Waals surface area contributed by atoms with E-state index < -0.39 is 10.2 Å². The van der Waals surface area contributed by atoms with Gasteiger partial charge in [0.1, 0.15) is 0 Å². The average Bonchev–Trinajstić information content (AvgIpc) is 3.02. The van der Waals surface area contributed by atoms with Crippen molar-refractivity contribution in [1.29, 1.82) is 0 Å². The quantitative estimate of drug-likeness (QED) is 0.628. The predicted molar refractivity (Wildman–Crippen MR) is 60.2 cm³/mol. The average molecular weight is 249 g/mol. The summed E-state index contributed by atoms with van der Waals surface area (Å²) in [4.78, 5) is 2.07. The Kier molecular flexibility index (Phi) is 3.81. The Morgan fingerprint density at radius 1 is 1.19 bits per heavy atom. The van der Waals surface area contributed by atoms with Crippen molar-refractivity contribution < 1.29 is 13.5 Å². The standard InChI is InChI=1S/C9H19N3O3S/c13-8-7-11-3-5-12(6-4-11)16(14,15)10-9-1-2-9/h9-10,13H,1-8H2. The highest BCUT2D eigenvalue weighted by Gasteiger charge is 2.32. The van der Waals surface area contributed by atoms with E-state index in [1.54, 1.807) is 0 Å². The van der Waals surface area contributed by atoms with Crippen LogP contribution in [0.3, 0.4) is 0 Å². The van der Waals surface area contributed by atoms with Gasteiger partial charge < -0.3 is 5.11 Å². The van der Waals surface area contributed by atoms with Gasteiger partial charge in [0.05, 0.1) is 6.61 Å². The smallest absolute Gasteiger partial charge is 0.279 e. The van der Waals surface area contributed by atoms with E-state index in [9.17, 15) is 8.42 Å². The van der Waals surface area contributed by atoms with Gasteiger partial charge in [0.25, 0.3) is 10.2 Å². The molecule has 7 heteroatoms. The molecule has 0 spiro atoms. The Hall–Kier alpha value is -0.210. The molecule has 0 unspecified atom stereocenters. The lowest BCUT2D eigenvalue weighted by Crippen LogP contribution is -2.52. The number of nitrogens with zero attached hydrogens (tertiary/aromatic N) is 2. The van der Waals surface area contributed by atoms with Crippen LogP contribution in [-0.2, 0) is 10.2 Å². The fourth-order valence-corrected chi connectivity index (χ4v) is 3.27. The van der Waals surface area contributed by atoms with E-state index in [0.29, 0.717) is 32.7 Å². The lowest BCUT2D eigenvalue weighted by molar-refractivity contribution is 0.151. The summed E-state index contributed by atoms with van der Waals surface area (Å²) in [6, 6.07) is 0.167. The van der Waals surface area contributed by atoms with Gasteiger partial charge in [-0.2, -0.15) is 17.4 Å². The van der Waals surface area contributed by atoms with Crippen molar-refractivity contribution in [3.63, 3.8) is 0 Å². The minimum atomic E-state index is -3.26. The molecule has 1 saturated heterocycles. The molecule has 0 atom stereocenters. The third-order valence-corrected chi connectivity index (χ3v) is 4.66. The molecule has 1 heterocycles. The maximum atomic E-state index is 11.8. The molecular weight excluding hydrogens is 230 g/mol. The number of rotatable bonds is 5. The molecule has 0 aromatic heterocycles. The molecule has 0 aromatic rings. The van der Waals surface area contributed by atoms with E-state index in [1.165, 1.54) is 4.31 Å². The van der Waals surface area contributed by atoms with Gasteiger partial charge >= 0.3 is 0 Å². The number of aliphatic hydroxyl groups is 1. The largest absolute Gasteiger partial charge is 0.395 e. The predicted octanol–water partition coefficient (Wildman–Crippen LogP) is -1.41. The van der Waals surface area contributed by atoms with Crippen LogP contribution in [0.2, 0.25) is 0 Å². The monoisotopic (exact) mass is 249 g/mol. The van der Waals surface area contributed by atoms with E-state index in [2.05, 4.69) is 9.62 Å². The zero-order valence-electron chi connectivity index (χ0n) is 9.30. The molecular formula is C9H19N3O3S. The first-order valence-corrected chi connectivity index (χ1v) is 7.16. The fourth-order valence-electron chi connectivity index (χ4n) is 1.82. The summed E-state index contributed by atoms with van der Waals surface area (Å²) >= 11 is 0. The summed E-state index contributed by atoms with van der Waals surface area (Å²) in [6.07, 6.45) is 1.92. The van der Waals surface area contributed by atoms with E-state index in [-0.39, 0.29) is 12.6 Å². The van der Waals surface area contributed by atoms with Crippen molar-refractivity contribution in [2.24, 2.45) is 0 Å². The molecule has 2 rings (SSSR count). The van der Waals surface area contributed by atoms with Gasteiger partial charge in [0.2, 0.25) is 0 Å². The van der Waals surface area contributed by atoms with Gasteiger partial charge in [0, 0.05) is 38.8 Å². The third kappa shape index (κ3) is 3.14. The maximum Gasteiger partial charge on any atom is 0.279 e. The van der Waals surface area contributed by atoms with E-state index in [4.69, 9.17) is 5.11 Å².